The predicted molar refractivity (Wildman–Crippen MR) is 57.8 cm³/mol. The van der Waals surface area contributed by atoms with Crippen LogP contribution in [0.3, 0.4) is 0 Å². The van der Waals surface area contributed by atoms with Crippen LogP contribution in [0.15, 0.2) is 22.7 Å². The molecule has 0 aliphatic rings. The minimum absolute atomic E-state index is 0.135. The second-order valence-corrected chi connectivity index (χ2v) is 3.84. The Hall–Kier alpha value is -0.640. The van der Waals surface area contributed by atoms with Crippen molar-refractivity contribution in [1.29, 1.82) is 0 Å². The molecule has 0 aromatic heterocycles. The molecular weight excluding hydrogens is 252 g/mol. The molecule has 1 aromatic carbocycles. The van der Waals surface area contributed by atoms with Crippen molar-refractivity contribution in [3.63, 3.8) is 0 Å². The fourth-order valence-corrected chi connectivity index (χ4v) is 1.51. The van der Waals surface area contributed by atoms with Gasteiger partial charge in [-0.05, 0) is 34.5 Å². The van der Waals surface area contributed by atoms with Gasteiger partial charge in [0.15, 0.2) is 0 Å². The molecule has 0 saturated carbocycles. The molecule has 14 heavy (non-hydrogen) atoms. The summed E-state index contributed by atoms with van der Waals surface area (Å²) >= 11 is 3.19. The maximum Gasteiger partial charge on any atom is 0.147 e. The Morgan fingerprint density at radius 1 is 1.50 bits per heavy atom. The average Bonchev–Trinajstić information content (AvgIpc) is 2.16. The highest BCUT2D eigenvalue weighted by Gasteiger charge is 2.08. The van der Waals surface area contributed by atoms with Crippen LogP contribution in [0.2, 0.25) is 0 Å². The lowest BCUT2D eigenvalue weighted by atomic mass is 10.2. The van der Waals surface area contributed by atoms with E-state index in [1.54, 1.807) is 19.1 Å². The molecule has 1 unspecified atom stereocenters. The van der Waals surface area contributed by atoms with Gasteiger partial charge in [0.2, 0.25) is 0 Å². The van der Waals surface area contributed by atoms with Crippen LogP contribution in [0.25, 0.3) is 0 Å². The molecule has 0 fully saturated rings. The van der Waals surface area contributed by atoms with E-state index in [4.69, 9.17) is 0 Å². The minimum Gasteiger partial charge on any atom is -0.379 e. The molecule has 0 spiro atoms. The summed E-state index contributed by atoms with van der Waals surface area (Å²) in [5, 5.41) is 2.74. The predicted octanol–water partition coefficient (Wildman–Crippen LogP) is 3.75. The molecule has 1 aromatic rings. The SMILES string of the molecule is CCC(F)CNc1c(F)cccc1Br. The molecule has 0 saturated heterocycles. The Morgan fingerprint density at radius 2 is 2.21 bits per heavy atom. The number of halogens is 3. The molecule has 4 heteroatoms. The highest BCUT2D eigenvalue weighted by Crippen LogP contribution is 2.25. The van der Waals surface area contributed by atoms with Crippen LogP contribution < -0.4 is 5.32 Å². The molecule has 1 nitrogen and oxygen atoms in total. The van der Waals surface area contributed by atoms with Crippen molar-refractivity contribution in [2.45, 2.75) is 19.5 Å². The number of alkyl halides is 1. The van der Waals surface area contributed by atoms with Crippen LogP contribution in [-0.4, -0.2) is 12.7 Å². The van der Waals surface area contributed by atoms with Crippen molar-refractivity contribution in [3.8, 4) is 0 Å². The number of benzene rings is 1. The van der Waals surface area contributed by atoms with Gasteiger partial charge in [0.25, 0.3) is 0 Å². The maximum atomic E-state index is 13.2. The zero-order valence-corrected chi connectivity index (χ0v) is 9.44. The summed E-state index contributed by atoms with van der Waals surface area (Å²) < 4.78 is 26.7. The standard InChI is InChI=1S/C10H12BrF2N/c1-2-7(12)6-14-10-8(11)4-3-5-9(10)13/h3-5,7,14H,2,6H2,1H3. The van der Waals surface area contributed by atoms with Gasteiger partial charge in [-0.25, -0.2) is 8.78 Å². The van der Waals surface area contributed by atoms with Crippen molar-refractivity contribution >= 4 is 21.6 Å². The summed E-state index contributed by atoms with van der Waals surface area (Å²) in [6, 6.07) is 4.65. The van der Waals surface area contributed by atoms with E-state index in [2.05, 4.69) is 21.2 Å². The van der Waals surface area contributed by atoms with Crippen molar-refractivity contribution in [1.82, 2.24) is 0 Å². The summed E-state index contributed by atoms with van der Waals surface area (Å²) in [7, 11) is 0. The third-order valence-corrected chi connectivity index (χ3v) is 2.57. The first-order valence-corrected chi connectivity index (χ1v) is 5.26. The number of nitrogens with one attached hydrogen (secondary N) is 1. The van der Waals surface area contributed by atoms with Gasteiger partial charge in [0.05, 0.1) is 5.69 Å². The van der Waals surface area contributed by atoms with Gasteiger partial charge in [-0.15, -0.1) is 0 Å². The summed E-state index contributed by atoms with van der Waals surface area (Å²) in [4.78, 5) is 0. The van der Waals surface area contributed by atoms with Gasteiger partial charge in [0.1, 0.15) is 12.0 Å². The molecular formula is C10H12BrF2N. The van der Waals surface area contributed by atoms with Gasteiger partial charge in [0, 0.05) is 11.0 Å². The number of hydrogen-bond acceptors (Lipinski definition) is 1. The highest BCUT2D eigenvalue weighted by molar-refractivity contribution is 9.10. The Balaban J connectivity index is 2.66. The molecule has 0 aliphatic heterocycles. The third-order valence-electron chi connectivity index (χ3n) is 1.91. The van der Waals surface area contributed by atoms with E-state index in [-0.39, 0.29) is 12.4 Å². The molecule has 1 N–H and O–H groups in total. The molecule has 0 radical (unpaired) electrons. The van der Waals surface area contributed by atoms with Crippen LogP contribution >= 0.6 is 15.9 Å². The van der Waals surface area contributed by atoms with Gasteiger partial charge in [-0.3, -0.25) is 0 Å². The summed E-state index contributed by atoms with van der Waals surface area (Å²) in [5.41, 5.74) is 0.323. The van der Waals surface area contributed by atoms with E-state index < -0.39 is 6.17 Å². The van der Waals surface area contributed by atoms with Gasteiger partial charge in [-0.1, -0.05) is 13.0 Å². The fraction of sp³-hybridized carbons (Fsp3) is 0.400. The van der Waals surface area contributed by atoms with Crippen LogP contribution in [0.5, 0.6) is 0 Å². The van der Waals surface area contributed by atoms with E-state index in [0.29, 0.717) is 16.6 Å². The smallest absolute Gasteiger partial charge is 0.147 e. The van der Waals surface area contributed by atoms with Crippen LogP contribution in [0.4, 0.5) is 14.5 Å². The van der Waals surface area contributed by atoms with Crippen molar-refractivity contribution < 1.29 is 8.78 Å². The summed E-state index contributed by atoms with van der Waals surface area (Å²) in [5.74, 6) is -0.373. The third kappa shape index (κ3) is 2.94. The first kappa shape index (κ1) is 11.4. The van der Waals surface area contributed by atoms with Gasteiger partial charge in [-0.2, -0.15) is 0 Å². The molecule has 1 rings (SSSR count). The number of para-hydroxylation sites is 1. The van der Waals surface area contributed by atoms with E-state index in [1.807, 2.05) is 0 Å². The highest BCUT2D eigenvalue weighted by atomic mass is 79.9. The second kappa shape index (κ2) is 5.29. The normalized spacial score (nSPS) is 12.6. The van der Waals surface area contributed by atoms with Crippen LogP contribution in [-0.2, 0) is 0 Å². The van der Waals surface area contributed by atoms with Crippen LogP contribution in [0.1, 0.15) is 13.3 Å². The van der Waals surface area contributed by atoms with E-state index in [0.717, 1.165) is 0 Å². The second-order valence-electron chi connectivity index (χ2n) is 2.98. The summed E-state index contributed by atoms with van der Waals surface area (Å²) in [6.45, 7) is 1.89. The molecule has 0 amide bonds. The lowest BCUT2D eigenvalue weighted by Gasteiger charge is -2.11. The molecule has 0 aliphatic carbocycles. The first-order chi connectivity index (χ1) is 6.65. The lowest BCUT2D eigenvalue weighted by Crippen LogP contribution is -2.15. The quantitative estimate of drug-likeness (QED) is 0.873. The van der Waals surface area contributed by atoms with E-state index in [9.17, 15) is 8.78 Å². The zero-order chi connectivity index (χ0) is 10.6. The van der Waals surface area contributed by atoms with E-state index in [1.165, 1.54) is 6.07 Å². The Labute approximate surface area is 90.6 Å². The van der Waals surface area contributed by atoms with Gasteiger partial charge < -0.3 is 5.32 Å². The molecule has 0 heterocycles. The van der Waals surface area contributed by atoms with E-state index >= 15 is 0 Å². The van der Waals surface area contributed by atoms with Crippen LogP contribution in [0, 0.1) is 5.82 Å². The molecule has 1 atom stereocenters. The topological polar surface area (TPSA) is 12.0 Å². The number of hydrogen-bond donors (Lipinski definition) is 1. The largest absolute Gasteiger partial charge is 0.379 e. The van der Waals surface area contributed by atoms with Crippen molar-refractivity contribution in [3.05, 3.63) is 28.5 Å². The van der Waals surface area contributed by atoms with Crippen molar-refractivity contribution in [2.24, 2.45) is 0 Å². The summed E-state index contributed by atoms with van der Waals surface area (Å²) in [6.07, 6.45) is -0.513. The maximum absolute atomic E-state index is 13.2. The number of rotatable bonds is 4. The molecule has 78 valence electrons. The van der Waals surface area contributed by atoms with Crippen molar-refractivity contribution in [2.75, 3.05) is 11.9 Å². The fourth-order valence-electron chi connectivity index (χ4n) is 1.02. The lowest BCUT2D eigenvalue weighted by molar-refractivity contribution is 0.340. The molecule has 0 bridgehead atoms. The average molecular weight is 264 g/mol. The minimum atomic E-state index is -0.943. The Morgan fingerprint density at radius 3 is 2.79 bits per heavy atom. The Bertz CT molecular complexity index is 284. The monoisotopic (exact) mass is 263 g/mol. The zero-order valence-electron chi connectivity index (χ0n) is 7.86. The number of anilines is 1. The Kier molecular flexibility index (Phi) is 4.32. The van der Waals surface area contributed by atoms with Gasteiger partial charge >= 0.3 is 0 Å². The first-order valence-electron chi connectivity index (χ1n) is 4.47.